The molecule has 3 N–H and O–H groups in total. The van der Waals surface area contributed by atoms with Gasteiger partial charge in [-0.1, -0.05) is 48.0 Å². The van der Waals surface area contributed by atoms with E-state index < -0.39 is 15.9 Å². The first-order chi connectivity index (χ1) is 15.2. The second-order valence-corrected chi connectivity index (χ2v) is 9.29. The lowest BCUT2D eigenvalue weighted by atomic mass is 10.1. The van der Waals surface area contributed by atoms with Crippen molar-refractivity contribution in [2.75, 3.05) is 10.6 Å². The van der Waals surface area contributed by atoms with Gasteiger partial charge >= 0.3 is 0 Å². The minimum absolute atomic E-state index is 0.0109. The van der Waals surface area contributed by atoms with E-state index in [4.69, 9.17) is 11.6 Å². The highest BCUT2D eigenvalue weighted by Gasteiger charge is 2.18. The first-order valence-electron chi connectivity index (χ1n) is 9.68. The zero-order chi connectivity index (χ0) is 23.3. The van der Waals surface area contributed by atoms with Crippen LogP contribution in [0.1, 0.15) is 28.4 Å². The number of halogens is 1. The Morgan fingerprint density at radius 2 is 1.66 bits per heavy atom. The van der Waals surface area contributed by atoms with Crippen molar-refractivity contribution in [2.24, 2.45) is 0 Å². The molecule has 0 heterocycles. The first-order valence-corrected chi connectivity index (χ1v) is 11.5. The molecule has 32 heavy (non-hydrogen) atoms. The van der Waals surface area contributed by atoms with Gasteiger partial charge < -0.3 is 10.6 Å². The Balaban J connectivity index is 1.78. The summed E-state index contributed by atoms with van der Waals surface area (Å²) in [7, 11) is -3.82. The molecule has 0 saturated carbocycles. The molecular formula is C23H22ClN3O4S. The Bertz CT molecular complexity index is 1260. The van der Waals surface area contributed by atoms with Crippen LogP contribution in [0.15, 0.2) is 71.6 Å². The minimum Gasteiger partial charge on any atom is -0.325 e. The number of sulfonamides is 1. The zero-order valence-corrected chi connectivity index (χ0v) is 19.0. The fraction of sp³-hybridized carbons (Fsp3) is 0.130. The third kappa shape index (κ3) is 5.94. The molecule has 0 fully saturated rings. The van der Waals surface area contributed by atoms with Crippen LogP contribution < -0.4 is 15.4 Å². The van der Waals surface area contributed by atoms with Crippen LogP contribution in [0.25, 0.3) is 0 Å². The Morgan fingerprint density at radius 1 is 0.938 bits per heavy atom. The van der Waals surface area contributed by atoms with Gasteiger partial charge in [-0.2, -0.15) is 0 Å². The van der Waals surface area contributed by atoms with E-state index in [0.717, 1.165) is 5.56 Å². The molecule has 3 aromatic rings. The van der Waals surface area contributed by atoms with E-state index in [-0.39, 0.29) is 27.9 Å². The van der Waals surface area contributed by atoms with Gasteiger partial charge in [-0.15, -0.1) is 0 Å². The lowest BCUT2D eigenvalue weighted by Crippen LogP contribution is -2.24. The molecule has 166 valence electrons. The van der Waals surface area contributed by atoms with Crippen molar-refractivity contribution in [1.29, 1.82) is 0 Å². The summed E-state index contributed by atoms with van der Waals surface area (Å²) in [4.78, 5) is 24.0. The molecule has 0 aromatic heterocycles. The Kier molecular flexibility index (Phi) is 7.29. The summed E-state index contributed by atoms with van der Waals surface area (Å²) in [5.41, 5.74) is 2.48. The average molecular weight is 472 g/mol. The van der Waals surface area contributed by atoms with Crippen molar-refractivity contribution in [3.05, 3.63) is 88.4 Å². The summed E-state index contributed by atoms with van der Waals surface area (Å²) in [6.45, 7) is 3.22. The van der Waals surface area contributed by atoms with Gasteiger partial charge in [-0.25, -0.2) is 13.1 Å². The van der Waals surface area contributed by atoms with Crippen molar-refractivity contribution >= 4 is 44.8 Å². The van der Waals surface area contributed by atoms with Crippen molar-refractivity contribution in [2.45, 2.75) is 25.3 Å². The largest absolute Gasteiger partial charge is 0.325 e. The summed E-state index contributed by atoms with van der Waals surface area (Å²) >= 11 is 6.15. The maximum atomic E-state index is 12.8. The normalized spacial score (nSPS) is 11.1. The summed E-state index contributed by atoms with van der Waals surface area (Å²) in [6.07, 6.45) is 0. The number of carbonyl (C=O) groups excluding carboxylic acids is 2. The Hall–Kier alpha value is -3.20. The van der Waals surface area contributed by atoms with E-state index in [2.05, 4.69) is 15.4 Å². The van der Waals surface area contributed by atoms with Gasteiger partial charge in [-0.3, -0.25) is 9.59 Å². The van der Waals surface area contributed by atoms with Gasteiger partial charge in [0.25, 0.3) is 5.91 Å². The zero-order valence-electron chi connectivity index (χ0n) is 17.5. The van der Waals surface area contributed by atoms with Crippen LogP contribution in [0.4, 0.5) is 11.4 Å². The molecule has 0 atom stereocenters. The molecule has 0 bridgehead atoms. The molecular weight excluding hydrogens is 450 g/mol. The van der Waals surface area contributed by atoms with Crippen LogP contribution in [0, 0.1) is 6.92 Å². The second kappa shape index (κ2) is 9.95. The van der Waals surface area contributed by atoms with E-state index in [0.29, 0.717) is 16.9 Å². The Labute approximate surface area is 191 Å². The molecule has 0 aliphatic rings. The number of rotatable bonds is 7. The third-order valence-corrected chi connectivity index (χ3v) is 6.32. The van der Waals surface area contributed by atoms with Crippen LogP contribution in [0.2, 0.25) is 5.02 Å². The van der Waals surface area contributed by atoms with Gasteiger partial charge in [0.2, 0.25) is 15.9 Å². The van der Waals surface area contributed by atoms with Crippen LogP contribution in [0.5, 0.6) is 0 Å². The highest BCUT2D eigenvalue weighted by Crippen LogP contribution is 2.26. The maximum absolute atomic E-state index is 12.8. The average Bonchev–Trinajstić information content (AvgIpc) is 2.75. The van der Waals surface area contributed by atoms with Crippen LogP contribution in [0.3, 0.4) is 0 Å². The summed E-state index contributed by atoms with van der Waals surface area (Å²) in [5, 5.41) is 5.55. The van der Waals surface area contributed by atoms with E-state index in [1.807, 2.05) is 30.3 Å². The van der Waals surface area contributed by atoms with Crippen LogP contribution in [-0.4, -0.2) is 20.2 Å². The maximum Gasteiger partial charge on any atom is 0.255 e. The third-order valence-electron chi connectivity index (χ3n) is 4.61. The van der Waals surface area contributed by atoms with Gasteiger partial charge in [-0.05, 0) is 48.4 Å². The molecule has 0 aliphatic heterocycles. The molecule has 0 saturated heterocycles. The standard InChI is InChI=1S/C23H22ClN3O4S/c1-15-8-10-19(32(30,31)25-14-17-6-4-3-5-7-17)13-20(15)23(29)27-18-9-11-22(21(24)12-18)26-16(2)28/h3-13,25H,14H2,1-2H3,(H,26,28)(H,27,29). The molecule has 0 unspecified atom stereocenters. The number of aryl methyl sites for hydroxylation is 1. The van der Waals surface area contributed by atoms with Gasteiger partial charge in [0, 0.05) is 24.7 Å². The van der Waals surface area contributed by atoms with E-state index in [1.54, 1.807) is 25.1 Å². The summed E-state index contributed by atoms with van der Waals surface area (Å²) in [5.74, 6) is -0.746. The molecule has 3 aromatic carbocycles. The van der Waals surface area contributed by atoms with Crippen molar-refractivity contribution in [3.63, 3.8) is 0 Å². The number of nitrogens with one attached hydrogen (secondary N) is 3. The molecule has 2 amide bonds. The van der Waals surface area contributed by atoms with Gasteiger partial charge in [0.1, 0.15) is 0 Å². The van der Waals surface area contributed by atoms with Crippen LogP contribution >= 0.6 is 11.6 Å². The van der Waals surface area contributed by atoms with E-state index in [1.165, 1.54) is 25.1 Å². The highest BCUT2D eigenvalue weighted by molar-refractivity contribution is 7.89. The van der Waals surface area contributed by atoms with Crippen LogP contribution in [-0.2, 0) is 21.4 Å². The molecule has 0 radical (unpaired) electrons. The molecule has 9 heteroatoms. The summed E-state index contributed by atoms with van der Waals surface area (Å²) < 4.78 is 28.0. The SMILES string of the molecule is CC(=O)Nc1ccc(NC(=O)c2cc(S(=O)(=O)NCc3ccccc3)ccc2C)cc1Cl. The smallest absolute Gasteiger partial charge is 0.255 e. The molecule has 0 spiro atoms. The first kappa shape index (κ1) is 23.5. The number of amides is 2. The predicted molar refractivity (Wildman–Crippen MR) is 125 cm³/mol. The molecule has 3 rings (SSSR count). The van der Waals surface area contributed by atoms with E-state index >= 15 is 0 Å². The molecule has 7 nitrogen and oxygen atoms in total. The highest BCUT2D eigenvalue weighted by atomic mass is 35.5. The monoisotopic (exact) mass is 471 g/mol. The fourth-order valence-corrected chi connectivity index (χ4v) is 4.22. The van der Waals surface area contributed by atoms with Crippen molar-refractivity contribution < 1.29 is 18.0 Å². The van der Waals surface area contributed by atoms with Gasteiger partial charge in [0.15, 0.2) is 0 Å². The lowest BCUT2D eigenvalue weighted by molar-refractivity contribution is -0.114. The van der Waals surface area contributed by atoms with Gasteiger partial charge in [0.05, 0.1) is 15.6 Å². The number of carbonyl (C=O) groups is 2. The summed E-state index contributed by atoms with van der Waals surface area (Å²) in [6, 6.07) is 18.2. The number of hydrogen-bond donors (Lipinski definition) is 3. The fourth-order valence-electron chi connectivity index (χ4n) is 2.95. The number of anilines is 2. The quantitative estimate of drug-likeness (QED) is 0.476. The second-order valence-electron chi connectivity index (χ2n) is 7.12. The topological polar surface area (TPSA) is 104 Å². The predicted octanol–water partition coefficient (Wildman–Crippen LogP) is 4.34. The van der Waals surface area contributed by atoms with E-state index in [9.17, 15) is 18.0 Å². The Morgan fingerprint density at radius 3 is 2.31 bits per heavy atom. The minimum atomic E-state index is -3.82. The molecule has 0 aliphatic carbocycles. The van der Waals surface area contributed by atoms with Crippen molar-refractivity contribution in [1.82, 2.24) is 4.72 Å². The lowest BCUT2D eigenvalue weighted by Gasteiger charge is -2.12. The number of benzene rings is 3. The van der Waals surface area contributed by atoms with Crippen molar-refractivity contribution in [3.8, 4) is 0 Å². The number of hydrogen-bond acceptors (Lipinski definition) is 4.